The van der Waals surface area contributed by atoms with Gasteiger partial charge in [-0.1, -0.05) is 375 Å². The van der Waals surface area contributed by atoms with E-state index < -0.39 is 97.5 Å². The molecule has 0 radical (unpaired) electrons. The van der Waals surface area contributed by atoms with E-state index >= 15 is 0 Å². The summed E-state index contributed by atoms with van der Waals surface area (Å²) in [6.07, 6.45) is 62.4. The molecule has 0 rings (SSSR count). The van der Waals surface area contributed by atoms with Crippen molar-refractivity contribution in [3.8, 4) is 0 Å². The van der Waals surface area contributed by atoms with Gasteiger partial charge in [0.25, 0.3) is 0 Å². The smallest absolute Gasteiger partial charge is 0.462 e. The van der Waals surface area contributed by atoms with Gasteiger partial charge in [0.15, 0.2) is 12.2 Å². The van der Waals surface area contributed by atoms with Crippen molar-refractivity contribution in [2.45, 2.75) is 445 Å². The minimum Gasteiger partial charge on any atom is -0.462 e. The van der Waals surface area contributed by atoms with Crippen molar-refractivity contribution in [1.29, 1.82) is 0 Å². The van der Waals surface area contributed by atoms with Gasteiger partial charge in [-0.25, -0.2) is 9.13 Å². The Labute approximate surface area is 613 Å². The van der Waals surface area contributed by atoms with Crippen LogP contribution in [0.3, 0.4) is 0 Å². The summed E-state index contributed by atoms with van der Waals surface area (Å²) in [7, 11) is -9.92. The molecule has 2 unspecified atom stereocenters. The van der Waals surface area contributed by atoms with Crippen LogP contribution in [-0.2, 0) is 65.4 Å². The van der Waals surface area contributed by atoms with Crippen LogP contribution in [0, 0.1) is 11.8 Å². The van der Waals surface area contributed by atoms with Crippen molar-refractivity contribution in [2.75, 3.05) is 39.6 Å². The molecule has 0 amide bonds. The summed E-state index contributed by atoms with van der Waals surface area (Å²) in [6.45, 7) is 9.62. The second kappa shape index (κ2) is 72.6. The first kappa shape index (κ1) is 98.1. The second-order valence-corrected chi connectivity index (χ2v) is 33.0. The van der Waals surface area contributed by atoms with Crippen LogP contribution in [0.25, 0.3) is 0 Å². The summed E-state index contributed by atoms with van der Waals surface area (Å²) in [6, 6.07) is 0. The van der Waals surface area contributed by atoms with Crippen molar-refractivity contribution in [1.82, 2.24) is 0 Å². The number of ether oxygens (including phenoxy) is 4. The van der Waals surface area contributed by atoms with Gasteiger partial charge in [-0.3, -0.25) is 37.3 Å². The number of phosphoric ester groups is 2. The molecule has 19 heteroatoms. The minimum absolute atomic E-state index is 0.108. The highest BCUT2D eigenvalue weighted by atomic mass is 31.2. The molecular weight excluding hydrogens is 1310 g/mol. The van der Waals surface area contributed by atoms with Crippen LogP contribution in [0.4, 0.5) is 0 Å². The monoisotopic (exact) mass is 1470 g/mol. The SMILES string of the molecule is CCCCCCCCCCCCCCCCCCCCCCC(=O)O[C@H](COC(=O)CCCCCCCCCCCCCCC(C)C)COP(=O)(O)OC[C@@H](O)COP(=O)(O)OC[C@@H](COC(=O)CCCCCCCCCCC(C)C)OC(=O)CCCCCCCCCCCCCCCC. The van der Waals surface area contributed by atoms with E-state index in [4.69, 9.17) is 37.0 Å². The molecule has 3 N–H and O–H groups in total. The highest BCUT2D eigenvalue weighted by Crippen LogP contribution is 2.45. The van der Waals surface area contributed by atoms with E-state index in [0.29, 0.717) is 25.7 Å². The van der Waals surface area contributed by atoms with E-state index in [0.717, 1.165) is 102 Å². The molecule has 5 atom stereocenters. The fourth-order valence-electron chi connectivity index (χ4n) is 12.5. The third kappa shape index (κ3) is 74.3. The Hall–Kier alpha value is -1.94. The molecule has 0 aliphatic rings. The van der Waals surface area contributed by atoms with Crippen molar-refractivity contribution < 1.29 is 80.2 Å². The third-order valence-corrected chi connectivity index (χ3v) is 20.9. The number of carbonyl (C=O) groups is 4. The van der Waals surface area contributed by atoms with Crippen molar-refractivity contribution in [3.05, 3.63) is 0 Å². The Morgan fingerprint density at radius 3 is 0.680 bits per heavy atom. The van der Waals surface area contributed by atoms with E-state index in [1.807, 2.05) is 0 Å². The van der Waals surface area contributed by atoms with Gasteiger partial charge in [0, 0.05) is 25.7 Å². The van der Waals surface area contributed by atoms with Crippen LogP contribution in [0.1, 0.15) is 427 Å². The van der Waals surface area contributed by atoms with Crippen LogP contribution in [0.5, 0.6) is 0 Å². The molecule has 594 valence electrons. The van der Waals surface area contributed by atoms with E-state index in [1.165, 1.54) is 244 Å². The summed E-state index contributed by atoms with van der Waals surface area (Å²) >= 11 is 0. The molecule has 0 aliphatic heterocycles. The number of carbonyl (C=O) groups excluding carboxylic acids is 4. The zero-order valence-corrected chi connectivity index (χ0v) is 67.3. The summed E-state index contributed by atoms with van der Waals surface area (Å²) in [5.74, 6) is -0.600. The summed E-state index contributed by atoms with van der Waals surface area (Å²) in [4.78, 5) is 73.0. The lowest BCUT2D eigenvalue weighted by atomic mass is 10.0. The molecule has 0 aromatic carbocycles. The molecule has 0 bridgehead atoms. The van der Waals surface area contributed by atoms with E-state index in [9.17, 15) is 43.2 Å². The van der Waals surface area contributed by atoms with Crippen LogP contribution in [0.15, 0.2) is 0 Å². The van der Waals surface area contributed by atoms with Crippen LogP contribution in [-0.4, -0.2) is 96.7 Å². The predicted molar refractivity (Wildman–Crippen MR) is 409 cm³/mol. The molecule has 0 fully saturated rings. The van der Waals surface area contributed by atoms with Gasteiger partial charge < -0.3 is 33.8 Å². The Morgan fingerprint density at radius 2 is 0.460 bits per heavy atom. The van der Waals surface area contributed by atoms with Gasteiger partial charge in [0.05, 0.1) is 26.4 Å². The number of unbranched alkanes of at least 4 members (excludes halogenated alkanes) is 50. The van der Waals surface area contributed by atoms with Crippen molar-refractivity contribution >= 4 is 39.5 Å². The average molecular weight is 1470 g/mol. The first-order valence-corrected chi connectivity index (χ1v) is 45.0. The number of phosphoric acid groups is 2. The maximum absolute atomic E-state index is 13.1. The van der Waals surface area contributed by atoms with E-state index in [-0.39, 0.29) is 25.7 Å². The average Bonchev–Trinajstić information content (AvgIpc) is 0.934. The second-order valence-electron chi connectivity index (χ2n) is 30.1. The molecule has 0 saturated heterocycles. The zero-order valence-electron chi connectivity index (χ0n) is 65.5. The molecule has 0 aromatic rings. The fourth-order valence-corrected chi connectivity index (χ4v) is 14.1. The van der Waals surface area contributed by atoms with Gasteiger partial charge >= 0.3 is 39.5 Å². The fraction of sp³-hybridized carbons (Fsp3) is 0.951. The largest absolute Gasteiger partial charge is 0.472 e. The quantitative estimate of drug-likeness (QED) is 0.0222. The molecule has 0 heterocycles. The maximum atomic E-state index is 13.1. The topological polar surface area (TPSA) is 237 Å². The van der Waals surface area contributed by atoms with Gasteiger partial charge in [0.2, 0.25) is 0 Å². The normalized spacial score (nSPS) is 13.9. The summed E-state index contributed by atoms with van der Waals surface area (Å²) < 4.78 is 68.7. The molecule has 100 heavy (non-hydrogen) atoms. The zero-order chi connectivity index (χ0) is 73.5. The molecule has 0 spiro atoms. The van der Waals surface area contributed by atoms with Crippen LogP contribution in [0.2, 0.25) is 0 Å². The number of hydrogen-bond acceptors (Lipinski definition) is 15. The standard InChI is InChI=1S/C81H158O17P2/c1-7-9-11-13-15-17-19-21-23-24-25-26-27-28-30-36-40-48-54-60-66-81(86)97-76(69-91-78(83)63-57-51-45-38-34-32-31-33-37-43-49-55-61-73(3)4)71-95-99(87,88)93-67-75(82)68-94-100(89,90)96-72-77(70-92-79(84)64-58-52-46-42-41-44-50-56-62-74(5)6)98-80(85)65-59-53-47-39-35-29-22-20-18-16-14-12-10-8-2/h73-77,82H,7-72H2,1-6H3,(H,87,88)(H,89,90)/t75-,76-,77-/m1/s1. The van der Waals surface area contributed by atoms with E-state index in [1.54, 1.807) is 0 Å². The summed E-state index contributed by atoms with van der Waals surface area (Å²) in [5, 5.41) is 10.6. The molecular formula is C81H158O17P2. The van der Waals surface area contributed by atoms with E-state index in [2.05, 4.69) is 41.5 Å². The lowest BCUT2D eigenvalue weighted by Crippen LogP contribution is -2.30. The third-order valence-electron chi connectivity index (χ3n) is 19.0. The number of rotatable bonds is 80. The Morgan fingerprint density at radius 1 is 0.270 bits per heavy atom. The first-order valence-electron chi connectivity index (χ1n) is 42.0. The number of esters is 4. The molecule has 0 aromatic heterocycles. The van der Waals surface area contributed by atoms with Crippen molar-refractivity contribution in [2.24, 2.45) is 11.8 Å². The number of aliphatic hydroxyl groups is 1. The van der Waals surface area contributed by atoms with Crippen LogP contribution >= 0.6 is 15.6 Å². The maximum Gasteiger partial charge on any atom is 0.472 e. The number of hydrogen-bond donors (Lipinski definition) is 3. The lowest BCUT2D eigenvalue weighted by molar-refractivity contribution is -0.161. The highest BCUT2D eigenvalue weighted by Gasteiger charge is 2.30. The Balaban J connectivity index is 5.24. The predicted octanol–water partition coefficient (Wildman–Crippen LogP) is 24.3. The Bertz CT molecular complexity index is 1920. The van der Waals surface area contributed by atoms with Gasteiger partial charge in [-0.2, -0.15) is 0 Å². The number of aliphatic hydroxyl groups excluding tert-OH is 1. The molecule has 0 aliphatic carbocycles. The minimum atomic E-state index is -4.96. The highest BCUT2D eigenvalue weighted by molar-refractivity contribution is 7.47. The van der Waals surface area contributed by atoms with Crippen molar-refractivity contribution in [3.63, 3.8) is 0 Å². The molecule has 17 nitrogen and oxygen atoms in total. The van der Waals surface area contributed by atoms with Gasteiger partial charge in [0.1, 0.15) is 19.3 Å². The Kier molecular flexibility index (Phi) is 71.2. The van der Waals surface area contributed by atoms with Crippen LogP contribution < -0.4 is 0 Å². The van der Waals surface area contributed by atoms with Gasteiger partial charge in [-0.15, -0.1) is 0 Å². The summed E-state index contributed by atoms with van der Waals surface area (Å²) in [5.41, 5.74) is 0. The molecule has 0 saturated carbocycles. The van der Waals surface area contributed by atoms with Gasteiger partial charge in [-0.05, 0) is 37.5 Å². The lowest BCUT2D eigenvalue weighted by Gasteiger charge is -2.21. The first-order chi connectivity index (χ1) is 48.4.